The Morgan fingerprint density at radius 3 is 1.47 bits per heavy atom. The molecule has 0 aliphatic carbocycles. The third-order valence-electron chi connectivity index (χ3n) is 5.75. The number of hydrogen-bond donors (Lipinski definition) is 0. The third-order valence-corrected chi connectivity index (χ3v) is 5.75. The molecule has 0 saturated carbocycles. The lowest BCUT2D eigenvalue weighted by Crippen LogP contribution is -3.00. The largest absolute Gasteiger partial charge is 1.00 e. The molecule has 0 fully saturated rings. The Kier molecular flexibility index (Phi) is 14.0. The Labute approximate surface area is 193 Å². The van der Waals surface area contributed by atoms with E-state index in [0.717, 1.165) is 16.9 Å². The standard InChI is InChI=1S/C23H34N.C5H12.ClH/c1-6-20(22-11-9-8-10-12-22)17-21(7-2)23-15-13-19(14-16-23)18-24(3,4)5;1-4-5(2)3;/h8-16,20-21H,6-7,17-18H2,1-5H3;5H,4H2,1-3H3;1H/q+1;;/p-1. The van der Waals surface area contributed by atoms with Crippen LogP contribution in [0.3, 0.4) is 0 Å². The molecule has 2 aromatic rings. The minimum Gasteiger partial charge on any atom is -1.00 e. The first-order valence-electron chi connectivity index (χ1n) is 11.6. The fraction of sp³-hybridized carbons (Fsp3) is 0.571. The Bertz CT molecular complexity index is 655. The van der Waals surface area contributed by atoms with Gasteiger partial charge in [-0.05, 0) is 48.1 Å². The monoisotopic (exact) mass is 431 g/mol. The lowest BCUT2D eigenvalue weighted by Gasteiger charge is -2.25. The summed E-state index contributed by atoms with van der Waals surface area (Å²) in [5, 5.41) is 0. The van der Waals surface area contributed by atoms with Gasteiger partial charge >= 0.3 is 0 Å². The van der Waals surface area contributed by atoms with E-state index in [4.69, 9.17) is 0 Å². The van der Waals surface area contributed by atoms with Crippen LogP contribution in [0.1, 0.15) is 88.8 Å². The summed E-state index contributed by atoms with van der Waals surface area (Å²) in [4.78, 5) is 0. The highest BCUT2D eigenvalue weighted by atomic mass is 35.5. The van der Waals surface area contributed by atoms with E-state index in [1.165, 1.54) is 42.4 Å². The molecule has 170 valence electrons. The highest BCUT2D eigenvalue weighted by Gasteiger charge is 2.17. The average Bonchev–Trinajstić information content (AvgIpc) is 2.70. The van der Waals surface area contributed by atoms with Crippen molar-refractivity contribution in [3.05, 3.63) is 71.3 Å². The molecule has 30 heavy (non-hydrogen) atoms. The van der Waals surface area contributed by atoms with Crippen LogP contribution >= 0.6 is 0 Å². The third kappa shape index (κ3) is 11.2. The molecule has 2 rings (SSSR count). The molecule has 0 aromatic heterocycles. The zero-order valence-electron chi connectivity index (χ0n) is 20.8. The summed E-state index contributed by atoms with van der Waals surface area (Å²) in [5.41, 5.74) is 4.41. The molecule has 2 heteroatoms. The zero-order valence-corrected chi connectivity index (χ0v) is 21.5. The summed E-state index contributed by atoms with van der Waals surface area (Å²) in [6.07, 6.45) is 4.96. The summed E-state index contributed by atoms with van der Waals surface area (Å²) >= 11 is 0. The van der Waals surface area contributed by atoms with Crippen molar-refractivity contribution in [2.24, 2.45) is 5.92 Å². The quantitative estimate of drug-likeness (QED) is 0.488. The van der Waals surface area contributed by atoms with E-state index in [-0.39, 0.29) is 12.4 Å². The summed E-state index contributed by atoms with van der Waals surface area (Å²) in [6, 6.07) is 20.4. The Balaban J connectivity index is 0.00000125. The van der Waals surface area contributed by atoms with E-state index in [1.54, 1.807) is 0 Å². The SMILES string of the molecule is CCC(C)C.CCC(CC(CC)c1ccc(C[N+](C)(C)C)cc1)c1ccccc1.[Cl-]. The fourth-order valence-electron chi connectivity index (χ4n) is 3.59. The van der Waals surface area contributed by atoms with Crippen molar-refractivity contribution in [2.75, 3.05) is 21.1 Å². The molecule has 0 aliphatic rings. The normalized spacial score (nSPS) is 13.1. The second-order valence-corrected chi connectivity index (χ2v) is 9.85. The van der Waals surface area contributed by atoms with Gasteiger partial charge in [-0.25, -0.2) is 0 Å². The molecule has 0 heterocycles. The number of benzene rings is 2. The number of halogens is 1. The van der Waals surface area contributed by atoms with Gasteiger partial charge < -0.3 is 16.9 Å². The Morgan fingerprint density at radius 2 is 1.10 bits per heavy atom. The van der Waals surface area contributed by atoms with Gasteiger partial charge in [0.05, 0.1) is 21.1 Å². The Hall–Kier alpha value is -1.31. The molecule has 0 N–H and O–H groups in total. The van der Waals surface area contributed by atoms with E-state index in [0.29, 0.717) is 11.8 Å². The maximum atomic E-state index is 2.36. The molecule has 0 aliphatic heterocycles. The van der Waals surface area contributed by atoms with Gasteiger partial charge in [-0.1, -0.05) is 95.6 Å². The first kappa shape index (κ1) is 28.7. The topological polar surface area (TPSA) is 0 Å². The number of hydrogen-bond acceptors (Lipinski definition) is 0. The lowest BCUT2D eigenvalue weighted by atomic mass is 9.82. The van der Waals surface area contributed by atoms with Crippen LogP contribution in [0.4, 0.5) is 0 Å². The van der Waals surface area contributed by atoms with E-state index in [1.807, 2.05) is 0 Å². The Morgan fingerprint density at radius 1 is 0.667 bits per heavy atom. The van der Waals surface area contributed by atoms with Gasteiger partial charge in [0.2, 0.25) is 0 Å². The van der Waals surface area contributed by atoms with Crippen molar-refractivity contribution < 1.29 is 16.9 Å². The zero-order chi connectivity index (χ0) is 21.9. The fourth-order valence-corrected chi connectivity index (χ4v) is 3.59. The van der Waals surface area contributed by atoms with Crippen LogP contribution in [0.5, 0.6) is 0 Å². The van der Waals surface area contributed by atoms with Gasteiger partial charge in [-0.2, -0.15) is 0 Å². The van der Waals surface area contributed by atoms with Gasteiger partial charge in [-0.3, -0.25) is 0 Å². The lowest BCUT2D eigenvalue weighted by molar-refractivity contribution is -0.884. The average molecular weight is 432 g/mol. The van der Waals surface area contributed by atoms with Gasteiger partial charge in [-0.15, -0.1) is 0 Å². The summed E-state index contributed by atoms with van der Waals surface area (Å²) in [6.45, 7) is 12.4. The molecule has 2 aromatic carbocycles. The number of quaternary nitrogens is 1. The second-order valence-electron chi connectivity index (χ2n) is 9.85. The van der Waals surface area contributed by atoms with E-state index >= 15 is 0 Å². The van der Waals surface area contributed by atoms with Crippen LogP contribution < -0.4 is 12.4 Å². The van der Waals surface area contributed by atoms with E-state index in [2.05, 4.69) is 110 Å². The molecular weight excluding hydrogens is 386 g/mol. The molecule has 0 spiro atoms. The highest BCUT2D eigenvalue weighted by molar-refractivity contribution is 5.27. The van der Waals surface area contributed by atoms with Crippen molar-refractivity contribution in [3.8, 4) is 0 Å². The number of rotatable bonds is 9. The molecule has 0 saturated heterocycles. The van der Waals surface area contributed by atoms with Gasteiger partial charge in [0.15, 0.2) is 0 Å². The summed E-state index contributed by atoms with van der Waals surface area (Å²) < 4.78 is 0.975. The smallest absolute Gasteiger partial charge is 0.104 e. The van der Waals surface area contributed by atoms with Gasteiger partial charge in [0, 0.05) is 5.56 Å². The minimum absolute atomic E-state index is 0. The highest BCUT2D eigenvalue weighted by Crippen LogP contribution is 2.34. The van der Waals surface area contributed by atoms with Crippen LogP contribution in [0.2, 0.25) is 0 Å². The second kappa shape index (κ2) is 14.7. The molecule has 0 bridgehead atoms. The molecule has 0 radical (unpaired) electrons. The van der Waals surface area contributed by atoms with Crippen LogP contribution in [0.15, 0.2) is 54.6 Å². The van der Waals surface area contributed by atoms with Crippen molar-refractivity contribution in [2.45, 2.75) is 78.7 Å². The van der Waals surface area contributed by atoms with Crippen LogP contribution in [0.25, 0.3) is 0 Å². The van der Waals surface area contributed by atoms with Crippen LogP contribution in [0, 0.1) is 5.92 Å². The first-order valence-corrected chi connectivity index (χ1v) is 11.6. The van der Waals surface area contributed by atoms with Crippen molar-refractivity contribution in [1.82, 2.24) is 0 Å². The molecule has 2 unspecified atom stereocenters. The van der Waals surface area contributed by atoms with Gasteiger partial charge in [0.25, 0.3) is 0 Å². The maximum absolute atomic E-state index is 2.36. The van der Waals surface area contributed by atoms with Crippen molar-refractivity contribution in [3.63, 3.8) is 0 Å². The first-order chi connectivity index (χ1) is 13.7. The van der Waals surface area contributed by atoms with E-state index in [9.17, 15) is 0 Å². The minimum atomic E-state index is 0. The molecule has 0 amide bonds. The predicted octanol–water partition coefficient (Wildman–Crippen LogP) is 5.03. The molecule has 2 atom stereocenters. The molecular formula is C28H46ClN. The van der Waals surface area contributed by atoms with Gasteiger partial charge in [0.1, 0.15) is 6.54 Å². The predicted molar refractivity (Wildman–Crippen MR) is 130 cm³/mol. The molecule has 1 nitrogen and oxygen atoms in total. The van der Waals surface area contributed by atoms with Crippen LogP contribution in [-0.4, -0.2) is 25.6 Å². The maximum Gasteiger partial charge on any atom is 0.104 e. The van der Waals surface area contributed by atoms with Crippen molar-refractivity contribution in [1.29, 1.82) is 0 Å². The van der Waals surface area contributed by atoms with Crippen molar-refractivity contribution >= 4 is 0 Å². The van der Waals surface area contributed by atoms with Crippen LogP contribution in [-0.2, 0) is 6.54 Å². The van der Waals surface area contributed by atoms with E-state index < -0.39 is 0 Å². The summed E-state index contributed by atoms with van der Waals surface area (Å²) in [5.74, 6) is 2.19. The summed E-state index contributed by atoms with van der Waals surface area (Å²) in [7, 11) is 6.73. The number of nitrogens with zero attached hydrogens (tertiary/aromatic N) is 1.